The van der Waals surface area contributed by atoms with Crippen LogP contribution in [-0.4, -0.2) is 33.8 Å². The molecule has 2 fully saturated rings. The lowest BCUT2D eigenvalue weighted by Crippen LogP contribution is -2.66. The van der Waals surface area contributed by atoms with Crippen molar-refractivity contribution in [1.82, 2.24) is 0 Å². The number of Topliss-reactive ketones (excluding diaryl/α,β-unsaturated/α-hetero) is 2. The van der Waals surface area contributed by atoms with Crippen molar-refractivity contribution in [2.45, 2.75) is 56.7 Å². The fourth-order valence-corrected chi connectivity index (χ4v) is 2.99. The van der Waals surface area contributed by atoms with Gasteiger partial charge in [0.2, 0.25) is 0 Å². The normalized spacial score (nSPS) is 37.5. The van der Waals surface area contributed by atoms with E-state index in [0.29, 0.717) is 19.3 Å². The first-order valence-electron chi connectivity index (χ1n) is 5.87. The summed E-state index contributed by atoms with van der Waals surface area (Å²) in [7, 11) is 0. The van der Waals surface area contributed by atoms with Gasteiger partial charge in [-0.2, -0.15) is 0 Å². The van der Waals surface area contributed by atoms with Crippen LogP contribution in [0.2, 0.25) is 0 Å². The van der Waals surface area contributed by atoms with Crippen LogP contribution in [0.3, 0.4) is 0 Å². The first-order valence-corrected chi connectivity index (χ1v) is 5.87. The van der Waals surface area contributed by atoms with Crippen molar-refractivity contribution in [3.8, 4) is 0 Å². The van der Waals surface area contributed by atoms with Gasteiger partial charge < -0.3 is 9.84 Å². The van der Waals surface area contributed by atoms with E-state index in [1.54, 1.807) is 0 Å². The molecule has 0 aromatic rings. The molecule has 94 valence electrons. The van der Waals surface area contributed by atoms with E-state index < -0.39 is 17.2 Å². The van der Waals surface area contributed by atoms with Gasteiger partial charge in [0, 0.05) is 32.6 Å². The molecule has 0 saturated heterocycles. The first kappa shape index (κ1) is 12.2. The fourth-order valence-electron chi connectivity index (χ4n) is 2.99. The number of carbonyl (C=O) groups is 3. The van der Waals surface area contributed by atoms with Crippen LogP contribution in [0, 0.1) is 0 Å². The van der Waals surface area contributed by atoms with E-state index in [0.717, 1.165) is 0 Å². The average Bonchev–Trinajstić information content (AvgIpc) is 2.20. The van der Waals surface area contributed by atoms with Gasteiger partial charge in [0.05, 0.1) is 0 Å². The summed E-state index contributed by atoms with van der Waals surface area (Å²) in [6, 6.07) is 0. The quantitative estimate of drug-likeness (QED) is 0.676. The Kier molecular flexibility index (Phi) is 2.81. The third kappa shape index (κ3) is 1.78. The highest BCUT2D eigenvalue weighted by atomic mass is 16.6. The van der Waals surface area contributed by atoms with E-state index in [-0.39, 0.29) is 30.8 Å². The fraction of sp³-hybridized carbons (Fsp3) is 0.750. The number of aliphatic hydroxyl groups is 1. The number of hydrogen-bond acceptors (Lipinski definition) is 5. The van der Waals surface area contributed by atoms with Gasteiger partial charge in [0.25, 0.3) is 0 Å². The molecule has 5 nitrogen and oxygen atoms in total. The summed E-state index contributed by atoms with van der Waals surface area (Å²) < 4.78 is 5.16. The van der Waals surface area contributed by atoms with Gasteiger partial charge in [0.1, 0.15) is 11.4 Å². The number of ketones is 2. The zero-order valence-electron chi connectivity index (χ0n) is 9.82. The predicted molar refractivity (Wildman–Crippen MR) is 57.2 cm³/mol. The molecule has 2 saturated carbocycles. The van der Waals surface area contributed by atoms with E-state index in [4.69, 9.17) is 4.74 Å². The summed E-state index contributed by atoms with van der Waals surface area (Å²) in [4.78, 5) is 34.7. The zero-order chi connectivity index (χ0) is 12.7. The van der Waals surface area contributed by atoms with Crippen LogP contribution in [-0.2, 0) is 19.1 Å². The lowest BCUT2D eigenvalue weighted by Gasteiger charge is -2.50. The topological polar surface area (TPSA) is 80.7 Å². The lowest BCUT2D eigenvalue weighted by molar-refractivity contribution is -0.215. The third-order valence-corrected chi connectivity index (χ3v) is 3.76. The number of hydrogen-bond donors (Lipinski definition) is 1. The molecule has 0 aromatic heterocycles. The molecule has 0 aliphatic heterocycles. The molecule has 0 unspecified atom stereocenters. The van der Waals surface area contributed by atoms with Gasteiger partial charge in [-0.25, -0.2) is 0 Å². The van der Waals surface area contributed by atoms with E-state index in [2.05, 4.69) is 0 Å². The molecule has 2 atom stereocenters. The predicted octanol–water partition coefficient (Wildman–Crippen LogP) is 0.525. The minimum Gasteiger partial charge on any atom is -0.448 e. The molecule has 2 rings (SSSR count). The van der Waals surface area contributed by atoms with Crippen LogP contribution in [0.25, 0.3) is 0 Å². The summed E-state index contributed by atoms with van der Waals surface area (Å²) >= 11 is 0. The van der Waals surface area contributed by atoms with Crippen LogP contribution in [0.4, 0.5) is 0 Å². The highest BCUT2D eigenvalue weighted by Crippen LogP contribution is 2.46. The smallest absolute Gasteiger partial charge is 0.303 e. The Hall–Kier alpha value is -1.23. The molecular weight excluding hydrogens is 224 g/mol. The zero-order valence-corrected chi connectivity index (χ0v) is 9.82. The summed E-state index contributed by atoms with van der Waals surface area (Å²) in [6.07, 6.45) is 1.36. The molecule has 5 heteroatoms. The maximum absolute atomic E-state index is 12.0. The first-order chi connectivity index (χ1) is 7.90. The molecular formula is C12H16O5. The van der Waals surface area contributed by atoms with Gasteiger partial charge in [0.15, 0.2) is 11.4 Å². The minimum atomic E-state index is -1.50. The minimum absolute atomic E-state index is 0.0787. The summed E-state index contributed by atoms with van der Waals surface area (Å²) in [6.45, 7) is 1.22. The highest BCUT2D eigenvalue weighted by molar-refractivity contribution is 5.95. The highest BCUT2D eigenvalue weighted by Gasteiger charge is 2.62. The third-order valence-electron chi connectivity index (χ3n) is 3.76. The van der Waals surface area contributed by atoms with E-state index >= 15 is 0 Å². The van der Waals surface area contributed by atoms with Crippen LogP contribution >= 0.6 is 0 Å². The van der Waals surface area contributed by atoms with Crippen molar-refractivity contribution in [2.75, 3.05) is 0 Å². The van der Waals surface area contributed by atoms with E-state index in [1.807, 2.05) is 0 Å². The number of esters is 1. The molecule has 0 heterocycles. The average molecular weight is 240 g/mol. The monoisotopic (exact) mass is 240 g/mol. The van der Waals surface area contributed by atoms with Crippen LogP contribution < -0.4 is 0 Å². The van der Waals surface area contributed by atoms with Gasteiger partial charge in [-0.15, -0.1) is 0 Å². The second-order valence-corrected chi connectivity index (χ2v) is 4.94. The maximum Gasteiger partial charge on any atom is 0.303 e. The Morgan fingerprint density at radius 3 is 2.65 bits per heavy atom. The van der Waals surface area contributed by atoms with Gasteiger partial charge in [-0.1, -0.05) is 0 Å². The van der Waals surface area contributed by atoms with Gasteiger partial charge in [-0.3, -0.25) is 14.4 Å². The Bertz CT molecular complexity index is 388. The number of rotatable bonds is 1. The molecule has 0 bridgehead atoms. The van der Waals surface area contributed by atoms with Crippen LogP contribution in [0.5, 0.6) is 0 Å². The standard InChI is InChI=1S/C12H16O5/c1-8(13)17-12-6-4-9(14)7-11(12,16)5-2-3-10(12)15/h16H,2-7H2,1H3/t11-,12-/m1/s1. The van der Waals surface area contributed by atoms with Crippen molar-refractivity contribution >= 4 is 17.5 Å². The molecule has 1 N–H and O–H groups in total. The Morgan fingerprint density at radius 2 is 2.00 bits per heavy atom. The number of fused-ring (bicyclic) bond motifs is 1. The molecule has 0 amide bonds. The Morgan fingerprint density at radius 1 is 1.29 bits per heavy atom. The molecule has 2 aliphatic rings. The van der Waals surface area contributed by atoms with Crippen molar-refractivity contribution in [1.29, 1.82) is 0 Å². The van der Waals surface area contributed by atoms with Gasteiger partial charge in [-0.05, 0) is 12.8 Å². The van der Waals surface area contributed by atoms with Crippen molar-refractivity contribution in [2.24, 2.45) is 0 Å². The maximum atomic E-state index is 12.0. The van der Waals surface area contributed by atoms with Crippen LogP contribution in [0.1, 0.15) is 45.4 Å². The van der Waals surface area contributed by atoms with Crippen molar-refractivity contribution in [3.05, 3.63) is 0 Å². The SMILES string of the molecule is CC(=O)O[C@@]12CCC(=O)C[C@]1(O)CCCC2=O. The largest absolute Gasteiger partial charge is 0.448 e. The van der Waals surface area contributed by atoms with E-state index in [1.165, 1.54) is 6.92 Å². The molecule has 17 heavy (non-hydrogen) atoms. The second-order valence-electron chi connectivity index (χ2n) is 4.94. The lowest BCUT2D eigenvalue weighted by atomic mass is 9.63. The Labute approximate surface area is 99.1 Å². The molecule has 0 radical (unpaired) electrons. The van der Waals surface area contributed by atoms with Crippen molar-refractivity contribution < 1.29 is 24.2 Å². The van der Waals surface area contributed by atoms with Crippen LogP contribution in [0.15, 0.2) is 0 Å². The van der Waals surface area contributed by atoms with E-state index in [9.17, 15) is 19.5 Å². The summed E-state index contributed by atoms with van der Waals surface area (Å²) in [5.74, 6) is -0.924. The second kappa shape index (κ2) is 3.91. The van der Waals surface area contributed by atoms with Gasteiger partial charge >= 0.3 is 5.97 Å². The summed E-state index contributed by atoms with van der Waals surface area (Å²) in [5.41, 5.74) is -2.98. The molecule has 0 aromatic carbocycles. The number of ether oxygens (including phenoxy) is 1. The van der Waals surface area contributed by atoms with Crippen molar-refractivity contribution in [3.63, 3.8) is 0 Å². The molecule has 0 spiro atoms. The molecule has 2 aliphatic carbocycles. The Balaban J connectivity index is 2.41. The number of carbonyl (C=O) groups excluding carboxylic acids is 3. The summed E-state index contributed by atoms with van der Waals surface area (Å²) in [5, 5.41) is 10.5.